The van der Waals surface area contributed by atoms with E-state index >= 15 is 0 Å². The Kier molecular flexibility index (Phi) is 3.50. The fraction of sp³-hybridized carbons (Fsp3) is 0.923. The molecule has 4 nitrogen and oxygen atoms in total. The van der Waals surface area contributed by atoms with Gasteiger partial charge in [0.25, 0.3) is 0 Å². The number of nitrogens with zero attached hydrogens (tertiary/aromatic N) is 1. The SMILES string of the molecule is CC(C)(C)OC(=O)N1CCC(C)(O)C(C)(C)C1. The van der Waals surface area contributed by atoms with Crippen LogP contribution in [0.1, 0.15) is 48.0 Å². The van der Waals surface area contributed by atoms with Crippen LogP contribution in [0, 0.1) is 5.41 Å². The van der Waals surface area contributed by atoms with Gasteiger partial charge in [-0.15, -0.1) is 0 Å². The van der Waals surface area contributed by atoms with E-state index in [-0.39, 0.29) is 11.5 Å². The second-order valence-electron chi connectivity index (χ2n) is 6.81. The van der Waals surface area contributed by atoms with Gasteiger partial charge in [-0.2, -0.15) is 0 Å². The number of amides is 1. The monoisotopic (exact) mass is 243 g/mol. The van der Waals surface area contributed by atoms with Crippen molar-refractivity contribution in [1.82, 2.24) is 4.90 Å². The van der Waals surface area contributed by atoms with Gasteiger partial charge in [0.05, 0.1) is 5.60 Å². The average Bonchev–Trinajstić information content (AvgIpc) is 2.06. The zero-order valence-corrected chi connectivity index (χ0v) is 11.8. The summed E-state index contributed by atoms with van der Waals surface area (Å²) in [5, 5.41) is 10.3. The summed E-state index contributed by atoms with van der Waals surface area (Å²) in [6.45, 7) is 12.4. The van der Waals surface area contributed by atoms with Crippen molar-refractivity contribution in [1.29, 1.82) is 0 Å². The van der Waals surface area contributed by atoms with Gasteiger partial charge in [-0.25, -0.2) is 4.79 Å². The molecule has 0 bridgehead atoms. The second kappa shape index (κ2) is 4.16. The smallest absolute Gasteiger partial charge is 0.410 e. The highest BCUT2D eigenvalue weighted by Crippen LogP contribution is 2.38. The van der Waals surface area contributed by atoms with Gasteiger partial charge in [-0.1, -0.05) is 13.8 Å². The summed E-state index contributed by atoms with van der Waals surface area (Å²) < 4.78 is 5.34. The number of rotatable bonds is 0. The van der Waals surface area contributed by atoms with Crippen LogP contribution in [-0.2, 0) is 4.74 Å². The fourth-order valence-electron chi connectivity index (χ4n) is 1.90. The van der Waals surface area contributed by atoms with Crippen LogP contribution in [0.3, 0.4) is 0 Å². The summed E-state index contributed by atoms with van der Waals surface area (Å²) in [4.78, 5) is 13.6. The summed E-state index contributed by atoms with van der Waals surface area (Å²) in [5.41, 5.74) is -1.52. The third-order valence-electron chi connectivity index (χ3n) is 3.56. The van der Waals surface area contributed by atoms with Crippen LogP contribution in [0.2, 0.25) is 0 Å². The summed E-state index contributed by atoms with van der Waals surface area (Å²) in [5.74, 6) is 0. The number of hydrogen-bond donors (Lipinski definition) is 1. The molecule has 0 spiro atoms. The topological polar surface area (TPSA) is 49.8 Å². The first-order valence-corrected chi connectivity index (χ1v) is 6.15. The van der Waals surface area contributed by atoms with Crippen molar-refractivity contribution in [2.24, 2.45) is 5.41 Å². The van der Waals surface area contributed by atoms with Crippen LogP contribution in [0.15, 0.2) is 0 Å². The number of carbonyl (C=O) groups is 1. The predicted molar refractivity (Wildman–Crippen MR) is 66.8 cm³/mol. The number of ether oxygens (including phenoxy) is 1. The molecule has 1 heterocycles. The zero-order chi connectivity index (χ0) is 13.5. The number of aliphatic hydroxyl groups is 1. The Labute approximate surface area is 104 Å². The molecule has 1 fully saturated rings. The molecule has 1 aliphatic heterocycles. The zero-order valence-electron chi connectivity index (χ0n) is 11.8. The molecule has 1 unspecified atom stereocenters. The maximum absolute atomic E-state index is 11.9. The van der Waals surface area contributed by atoms with Crippen LogP contribution in [0.5, 0.6) is 0 Å². The molecule has 1 N–H and O–H groups in total. The lowest BCUT2D eigenvalue weighted by Gasteiger charge is -2.48. The maximum Gasteiger partial charge on any atom is 0.410 e. The van der Waals surface area contributed by atoms with Crippen molar-refractivity contribution in [3.8, 4) is 0 Å². The molecular formula is C13H25NO3. The second-order valence-corrected chi connectivity index (χ2v) is 6.81. The first-order valence-electron chi connectivity index (χ1n) is 6.15. The molecule has 0 aliphatic carbocycles. The molecule has 17 heavy (non-hydrogen) atoms. The Balaban J connectivity index is 2.69. The van der Waals surface area contributed by atoms with E-state index in [0.29, 0.717) is 19.5 Å². The first kappa shape index (κ1) is 14.3. The third-order valence-corrected chi connectivity index (χ3v) is 3.56. The van der Waals surface area contributed by atoms with E-state index in [1.165, 1.54) is 0 Å². The Morgan fingerprint density at radius 3 is 2.24 bits per heavy atom. The summed E-state index contributed by atoms with van der Waals surface area (Å²) in [7, 11) is 0. The van der Waals surface area contributed by atoms with E-state index < -0.39 is 11.2 Å². The standard InChI is InChI=1S/C13H25NO3/c1-11(2,3)17-10(15)14-8-7-13(6,16)12(4,5)9-14/h16H,7-9H2,1-6H3. The van der Waals surface area contributed by atoms with E-state index in [1.807, 2.05) is 41.5 Å². The number of piperidine rings is 1. The molecule has 1 rings (SSSR count). The molecule has 4 heteroatoms. The highest BCUT2D eigenvalue weighted by atomic mass is 16.6. The van der Waals surface area contributed by atoms with Gasteiger partial charge in [0.1, 0.15) is 5.60 Å². The lowest BCUT2D eigenvalue weighted by Crippen LogP contribution is -2.57. The molecule has 0 saturated carbocycles. The van der Waals surface area contributed by atoms with E-state index in [2.05, 4.69) is 0 Å². The van der Waals surface area contributed by atoms with E-state index in [4.69, 9.17) is 4.74 Å². The molecule has 100 valence electrons. The van der Waals surface area contributed by atoms with Gasteiger partial charge in [-0.3, -0.25) is 0 Å². The highest BCUT2D eigenvalue weighted by molar-refractivity contribution is 5.68. The Morgan fingerprint density at radius 1 is 1.29 bits per heavy atom. The van der Waals surface area contributed by atoms with E-state index in [0.717, 1.165) is 0 Å². The normalized spacial score (nSPS) is 29.0. The van der Waals surface area contributed by atoms with Crippen molar-refractivity contribution in [3.63, 3.8) is 0 Å². The average molecular weight is 243 g/mol. The molecular weight excluding hydrogens is 218 g/mol. The van der Waals surface area contributed by atoms with Crippen molar-refractivity contribution in [2.45, 2.75) is 59.2 Å². The molecule has 0 aromatic carbocycles. The number of likely N-dealkylation sites (tertiary alicyclic amines) is 1. The minimum atomic E-state index is -0.731. The summed E-state index contributed by atoms with van der Waals surface area (Å²) in [6.07, 6.45) is 0.292. The van der Waals surface area contributed by atoms with Crippen LogP contribution in [-0.4, -0.2) is 40.4 Å². The predicted octanol–water partition coefficient (Wildman–Crippen LogP) is 2.40. The molecule has 0 aromatic heterocycles. The minimum absolute atomic E-state index is 0.291. The largest absolute Gasteiger partial charge is 0.444 e. The molecule has 1 aliphatic rings. The van der Waals surface area contributed by atoms with Gasteiger partial charge in [0.15, 0.2) is 0 Å². The van der Waals surface area contributed by atoms with Crippen molar-refractivity contribution < 1.29 is 14.6 Å². The molecule has 1 amide bonds. The lowest BCUT2D eigenvalue weighted by molar-refractivity contribution is -0.104. The van der Waals surface area contributed by atoms with E-state index in [9.17, 15) is 9.90 Å². The highest BCUT2D eigenvalue weighted by Gasteiger charge is 2.45. The fourth-order valence-corrected chi connectivity index (χ4v) is 1.90. The minimum Gasteiger partial charge on any atom is -0.444 e. The van der Waals surface area contributed by atoms with Gasteiger partial charge in [0, 0.05) is 18.5 Å². The van der Waals surface area contributed by atoms with Crippen molar-refractivity contribution >= 4 is 6.09 Å². The first-order chi connectivity index (χ1) is 7.45. The third kappa shape index (κ3) is 3.35. The van der Waals surface area contributed by atoms with Crippen LogP contribution in [0.4, 0.5) is 4.79 Å². The van der Waals surface area contributed by atoms with Gasteiger partial charge in [-0.05, 0) is 34.1 Å². The molecule has 0 aromatic rings. The molecule has 1 atom stereocenters. The van der Waals surface area contributed by atoms with Crippen LogP contribution >= 0.6 is 0 Å². The van der Waals surface area contributed by atoms with Gasteiger partial charge < -0.3 is 14.7 Å². The number of hydrogen-bond acceptors (Lipinski definition) is 3. The van der Waals surface area contributed by atoms with Gasteiger partial charge in [0.2, 0.25) is 0 Å². The summed E-state index contributed by atoms with van der Waals surface area (Å²) >= 11 is 0. The molecule has 1 saturated heterocycles. The maximum atomic E-state index is 11.9. The summed E-state index contributed by atoms with van der Waals surface area (Å²) in [6, 6.07) is 0. The molecule has 0 radical (unpaired) electrons. The van der Waals surface area contributed by atoms with E-state index in [1.54, 1.807) is 4.90 Å². The Morgan fingerprint density at radius 2 is 1.82 bits per heavy atom. The Hall–Kier alpha value is -0.770. The quantitative estimate of drug-likeness (QED) is 0.710. The van der Waals surface area contributed by atoms with Crippen molar-refractivity contribution in [3.05, 3.63) is 0 Å². The van der Waals surface area contributed by atoms with Gasteiger partial charge >= 0.3 is 6.09 Å². The Bertz CT molecular complexity index is 302. The van der Waals surface area contributed by atoms with Crippen LogP contribution < -0.4 is 0 Å². The number of carbonyl (C=O) groups excluding carboxylic acids is 1. The van der Waals surface area contributed by atoms with Crippen LogP contribution in [0.25, 0.3) is 0 Å². The lowest BCUT2D eigenvalue weighted by atomic mass is 9.71. The van der Waals surface area contributed by atoms with Crippen molar-refractivity contribution in [2.75, 3.05) is 13.1 Å².